The number of anilines is 2. The molecule has 1 heterocycles. The van der Waals surface area contributed by atoms with Gasteiger partial charge in [-0.3, -0.25) is 4.79 Å². The molecular weight excluding hydrogens is 254 g/mol. The van der Waals surface area contributed by atoms with Crippen molar-refractivity contribution in [1.82, 2.24) is 4.98 Å². The van der Waals surface area contributed by atoms with E-state index in [2.05, 4.69) is 15.6 Å². The van der Waals surface area contributed by atoms with E-state index in [-0.39, 0.29) is 5.91 Å². The molecule has 0 unspecified atom stereocenters. The minimum atomic E-state index is -0.0552. The molecule has 2 N–H and O–H groups in total. The quantitative estimate of drug-likeness (QED) is 0.847. The first-order valence-corrected chi connectivity index (χ1v) is 6.37. The summed E-state index contributed by atoms with van der Waals surface area (Å²) in [5.41, 5.74) is 1.67. The summed E-state index contributed by atoms with van der Waals surface area (Å²) in [6, 6.07) is 13.2. The normalized spacial score (nSPS) is 9.85. The van der Waals surface area contributed by atoms with E-state index in [9.17, 15) is 4.79 Å². The number of amides is 1. The van der Waals surface area contributed by atoms with Crippen LogP contribution in [0.25, 0.3) is 0 Å². The van der Waals surface area contributed by atoms with E-state index in [1.807, 2.05) is 30.3 Å². The molecule has 2 aromatic rings. The standard InChI is InChI=1S/C15H17N3O2/c1-20-15-8-7-13(11-17-15)18-14(19)9-10-16-12-5-3-2-4-6-12/h2-8,11,16H,9-10H2,1H3,(H,18,19). The van der Waals surface area contributed by atoms with Crippen molar-refractivity contribution in [1.29, 1.82) is 0 Å². The third-order valence-corrected chi connectivity index (χ3v) is 2.68. The number of ether oxygens (including phenoxy) is 1. The van der Waals surface area contributed by atoms with Gasteiger partial charge in [0.05, 0.1) is 19.0 Å². The number of hydrogen-bond donors (Lipinski definition) is 2. The summed E-state index contributed by atoms with van der Waals surface area (Å²) in [5.74, 6) is 0.467. The highest BCUT2D eigenvalue weighted by atomic mass is 16.5. The van der Waals surface area contributed by atoms with Crippen LogP contribution in [0.1, 0.15) is 6.42 Å². The first-order chi connectivity index (χ1) is 9.78. The molecule has 1 amide bonds. The maximum atomic E-state index is 11.7. The number of benzene rings is 1. The second kappa shape index (κ2) is 7.13. The smallest absolute Gasteiger partial charge is 0.226 e. The predicted octanol–water partition coefficient (Wildman–Crippen LogP) is 2.53. The third-order valence-electron chi connectivity index (χ3n) is 2.68. The summed E-state index contributed by atoms with van der Waals surface area (Å²) in [6.45, 7) is 0.583. The van der Waals surface area contributed by atoms with Crippen molar-refractivity contribution in [3.8, 4) is 5.88 Å². The van der Waals surface area contributed by atoms with Gasteiger partial charge in [0, 0.05) is 24.7 Å². The number of carbonyl (C=O) groups excluding carboxylic acids is 1. The number of carbonyl (C=O) groups is 1. The summed E-state index contributed by atoms with van der Waals surface area (Å²) < 4.78 is 4.95. The average molecular weight is 271 g/mol. The number of para-hydroxylation sites is 1. The topological polar surface area (TPSA) is 63.2 Å². The molecular formula is C15H17N3O2. The zero-order chi connectivity index (χ0) is 14.2. The Morgan fingerprint density at radius 2 is 1.95 bits per heavy atom. The minimum Gasteiger partial charge on any atom is -0.481 e. The monoisotopic (exact) mass is 271 g/mol. The van der Waals surface area contributed by atoms with Gasteiger partial charge in [-0.05, 0) is 18.2 Å². The van der Waals surface area contributed by atoms with Gasteiger partial charge in [0.25, 0.3) is 0 Å². The lowest BCUT2D eigenvalue weighted by Crippen LogP contribution is -2.16. The second-order valence-corrected chi connectivity index (χ2v) is 4.18. The minimum absolute atomic E-state index is 0.0552. The van der Waals surface area contributed by atoms with Crippen LogP contribution in [0.15, 0.2) is 48.7 Å². The van der Waals surface area contributed by atoms with Crippen molar-refractivity contribution in [2.45, 2.75) is 6.42 Å². The Hall–Kier alpha value is -2.56. The highest BCUT2D eigenvalue weighted by Gasteiger charge is 2.03. The van der Waals surface area contributed by atoms with Gasteiger partial charge in [-0.15, -0.1) is 0 Å². The fourth-order valence-electron chi connectivity index (χ4n) is 1.67. The molecule has 0 aliphatic carbocycles. The van der Waals surface area contributed by atoms with Crippen LogP contribution in [0.2, 0.25) is 0 Å². The summed E-state index contributed by atoms with van der Waals surface area (Å²) in [6.07, 6.45) is 1.96. The van der Waals surface area contributed by atoms with Crippen LogP contribution < -0.4 is 15.4 Å². The molecule has 0 saturated carbocycles. The molecule has 1 aromatic heterocycles. The molecule has 0 aliphatic heterocycles. The Labute approximate surface area is 118 Å². The van der Waals surface area contributed by atoms with E-state index in [0.29, 0.717) is 24.5 Å². The highest BCUT2D eigenvalue weighted by Crippen LogP contribution is 2.11. The van der Waals surface area contributed by atoms with E-state index in [0.717, 1.165) is 5.69 Å². The van der Waals surface area contributed by atoms with Gasteiger partial charge in [-0.1, -0.05) is 18.2 Å². The Balaban J connectivity index is 1.74. The van der Waals surface area contributed by atoms with Gasteiger partial charge in [0.15, 0.2) is 0 Å². The largest absolute Gasteiger partial charge is 0.481 e. The van der Waals surface area contributed by atoms with Crippen molar-refractivity contribution in [3.05, 3.63) is 48.7 Å². The van der Waals surface area contributed by atoms with Gasteiger partial charge >= 0.3 is 0 Å². The molecule has 5 heteroatoms. The van der Waals surface area contributed by atoms with Gasteiger partial charge in [-0.25, -0.2) is 4.98 Å². The first-order valence-electron chi connectivity index (χ1n) is 6.37. The molecule has 0 atom stereocenters. The molecule has 0 spiro atoms. The molecule has 5 nitrogen and oxygen atoms in total. The fraction of sp³-hybridized carbons (Fsp3) is 0.200. The molecule has 104 valence electrons. The molecule has 0 fully saturated rings. The number of methoxy groups -OCH3 is 1. The summed E-state index contributed by atoms with van der Waals surface area (Å²) in [4.78, 5) is 15.8. The molecule has 0 saturated heterocycles. The second-order valence-electron chi connectivity index (χ2n) is 4.18. The maximum Gasteiger partial charge on any atom is 0.226 e. The van der Waals surface area contributed by atoms with Crippen molar-refractivity contribution in [2.24, 2.45) is 0 Å². The van der Waals surface area contributed by atoms with Crippen LogP contribution in [0.5, 0.6) is 5.88 Å². The van der Waals surface area contributed by atoms with Crippen molar-refractivity contribution < 1.29 is 9.53 Å². The molecule has 0 aliphatic rings. The molecule has 0 radical (unpaired) electrons. The number of pyridine rings is 1. The van der Waals surface area contributed by atoms with Gasteiger partial charge in [0.1, 0.15) is 0 Å². The van der Waals surface area contributed by atoms with Gasteiger partial charge in [0.2, 0.25) is 11.8 Å². The number of nitrogens with one attached hydrogen (secondary N) is 2. The van der Waals surface area contributed by atoms with Crippen LogP contribution in [-0.2, 0) is 4.79 Å². The lowest BCUT2D eigenvalue weighted by atomic mass is 10.3. The zero-order valence-electron chi connectivity index (χ0n) is 11.3. The van der Waals surface area contributed by atoms with E-state index < -0.39 is 0 Å². The van der Waals surface area contributed by atoms with Crippen LogP contribution in [-0.4, -0.2) is 24.5 Å². The summed E-state index contributed by atoms with van der Waals surface area (Å²) in [5, 5.41) is 5.97. The Bertz CT molecular complexity index is 541. The van der Waals surface area contributed by atoms with Gasteiger partial charge < -0.3 is 15.4 Å². The van der Waals surface area contributed by atoms with Crippen LogP contribution in [0.3, 0.4) is 0 Å². The number of nitrogens with zero attached hydrogens (tertiary/aromatic N) is 1. The van der Waals surface area contributed by atoms with Crippen LogP contribution in [0, 0.1) is 0 Å². The van der Waals surface area contributed by atoms with E-state index in [1.165, 1.54) is 0 Å². The zero-order valence-corrected chi connectivity index (χ0v) is 11.3. The summed E-state index contributed by atoms with van der Waals surface area (Å²) >= 11 is 0. The Morgan fingerprint density at radius 3 is 2.60 bits per heavy atom. The summed E-state index contributed by atoms with van der Waals surface area (Å²) in [7, 11) is 1.55. The van der Waals surface area contributed by atoms with E-state index >= 15 is 0 Å². The lowest BCUT2D eigenvalue weighted by Gasteiger charge is -2.07. The first kappa shape index (κ1) is 13.9. The van der Waals surface area contributed by atoms with E-state index in [4.69, 9.17) is 4.74 Å². The Kier molecular flexibility index (Phi) is 4.94. The SMILES string of the molecule is COc1ccc(NC(=O)CCNc2ccccc2)cn1. The number of aromatic nitrogens is 1. The van der Waals surface area contributed by atoms with E-state index in [1.54, 1.807) is 25.4 Å². The van der Waals surface area contributed by atoms with Gasteiger partial charge in [-0.2, -0.15) is 0 Å². The van der Waals surface area contributed by atoms with Crippen molar-refractivity contribution in [2.75, 3.05) is 24.3 Å². The molecule has 2 rings (SSSR count). The molecule has 0 bridgehead atoms. The van der Waals surface area contributed by atoms with Crippen LogP contribution >= 0.6 is 0 Å². The number of rotatable bonds is 6. The number of hydrogen-bond acceptors (Lipinski definition) is 4. The van der Waals surface area contributed by atoms with Crippen molar-refractivity contribution in [3.63, 3.8) is 0 Å². The fourth-order valence-corrected chi connectivity index (χ4v) is 1.67. The molecule has 20 heavy (non-hydrogen) atoms. The highest BCUT2D eigenvalue weighted by molar-refractivity contribution is 5.90. The average Bonchev–Trinajstić information content (AvgIpc) is 2.49. The predicted molar refractivity (Wildman–Crippen MR) is 79.0 cm³/mol. The third kappa shape index (κ3) is 4.28. The lowest BCUT2D eigenvalue weighted by molar-refractivity contribution is -0.115. The Morgan fingerprint density at radius 1 is 1.15 bits per heavy atom. The maximum absolute atomic E-state index is 11.7. The van der Waals surface area contributed by atoms with Crippen molar-refractivity contribution >= 4 is 17.3 Å². The molecule has 1 aromatic carbocycles. The van der Waals surface area contributed by atoms with Crippen LogP contribution in [0.4, 0.5) is 11.4 Å².